The van der Waals surface area contributed by atoms with Crippen LogP contribution in [0.2, 0.25) is 0 Å². The number of nitro benzene ring substituents is 1. The molecule has 0 bridgehead atoms. The van der Waals surface area contributed by atoms with Crippen molar-refractivity contribution in [2.45, 2.75) is 22.3 Å². The van der Waals surface area contributed by atoms with Crippen LogP contribution in [0, 0.1) is 10.1 Å². The third-order valence-corrected chi connectivity index (χ3v) is 6.10. The Morgan fingerprint density at radius 3 is 1.96 bits per heavy atom. The molecule has 0 saturated heterocycles. The molecule has 0 fully saturated rings. The van der Waals surface area contributed by atoms with Crippen molar-refractivity contribution < 1.29 is 26.9 Å². The quantitative estimate of drug-likeness (QED) is 0.406. The second-order valence-corrected chi connectivity index (χ2v) is 8.92. The number of nitrogens with zero attached hydrogens (tertiary/aromatic N) is 1. The van der Waals surface area contributed by atoms with Gasteiger partial charge in [0.15, 0.2) is 0 Å². The lowest BCUT2D eigenvalue weighted by molar-refractivity contribution is -0.384. The van der Waals surface area contributed by atoms with Crippen LogP contribution in [0.4, 0.5) is 5.69 Å². The summed E-state index contributed by atoms with van der Waals surface area (Å²) in [4.78, 5) is 9.72. The van der Waals surface area contributed by atoms with E-state index < -0.39 is 37.6 Å². The number of primary sulfonamides is 1. The van der Waals surface area contributed by atoms with Crippen LogP contribution in [0.15, 0.2) is 58.3 Å². The molecule has 2 aromatic carbocycles. The third kappa shape index (κ3) is 5.55. The number of nitro groups is 1. The van der Waals surface area contributed by atoms with Crippen molar-refractivity contribution in [2.75, 3.05) is 6.61 Å². The molecule has 2 aromatic rings. The molecule has 12 heteroatoms. The van der Waals surface area contributed by atoms with Gasteiger partial charge < -0.3 is 5.11 Å². The molecule has 0 aromatic heterocycles. The third-order valence-electron chi connectivity index (χ3n) is 3.63. The van der Waals surface area contributed by atoms with E-state index in [1.165, 1.54) is 24.3 Å². The highest BCUT2D eigenvalue weighted by molar-refractivity contribution is 7.89. The van der Waals surface area contributed by atoms with Crippen LogP contribution in [-0.4, -0.2) is 39.5 Å². The highest BCUT2D eigenvalue weighted by Gasteiger charge is 2.21. The molecule has 10 nitrogen and oxygen atoms in total. The van der Waals surface area contributed by atoms with Crippen LogP contribution in [0.5, 0.6) is 0 Å². The average molecular weight is 415 g/mol. The van der Waals surface area contributed by atoms with Crippen LogP contribution < -0.4 is 9.86 Å². The van der Waals surface area contributed by atoms with Crippen molar-refractivity contribution in [2.24, 2.45) is 5.14 Å². The van der Waals surface area contributed by atoms with E-state index in [4.69, 9.17) is 5.14 Å². The van der Waals surface area contributed by atoms with Crippen molar-refractivity contribution in [1.82, 2.24) is 4.72 Å². The van der Waals surface area contributed by atoms with E-state index in [-0.39, 0.29) is 21.9 Å². The van der Waals surface area contributed by atoms with Gasteiger partial charge in [-0.2, -0.15) is 0 Å². The largest absolute Gasteiger partial charge is 0.395 e. The Balaban J connectivity index is 2.14. The Morgan fingerprint density at radius 2 is 1.52 bits per heavy atom. The second kappa shape index (κ2) is 8.10. The molecule has 1 unspecified atom stereocenters. The van der Waals surface area contributed by atoms with Gasteiger partial charge in [-0.25, -0.2) is 26.7 Å². The lowest BCUT2D eigenvalue weighted by Crippen LogP contribution is -2.39. The van der Waals surface area contributed by atoms with E-state index in [0.29, 0.717) is 5.56 Å². The monoisotopic (exact) mass is 415 g/mol. The maximum Gasteiger partial charge on any atom is 0.269 e. The number of aliphatic hydroxyl groups is 1. The molecular formula is C15H17N3O7S2. The zero-order chi connectivity index (χ0) is 20.2. The van der Waals surface area contributed by atoms with Gasteiger partial charge in [-0.05, 0) is 36.2 Å². The summed E-state index contributed by atoms with van der Waals surface area (Å²) in [6, 6.07) is 8.92. The van der Waals surface area contributed by atoms with Crippen LogP contribution in [0.3, 0.4) is 0 Å². The van der Waals surface area contributed by atoms with Crippen LogP contribution in [-0.2, 0) is 26.5 Å². The molecule has 0 aliphatic heterocycles. The number of rotatable bonds is 8. The molecule has 0 saturated carbocycles. The van der Waals surface area contributed by atoms with Crippen LogP contribution in [0.25, 0.3) is 0 Å². The zero-order valence-electron chi connectivity index (χ0n) is 13.8. The molecule has 1 atom stereocenters. The van der Waals surface area contributed by atoms with E-state index >= 15 is 0 Å². The minimum atomic E-state index is -4.01. The Bertz CT molecular complexity index is 1020. The number of nitrogens with one attached hydrogen (secondary N) is 1. The Hall–Kier alpha value is -2.38. The first-order valence-corrected chi connectivity index (χ1v) is 10.6. The van der Waals surface area contributed by atoms with Gasteiger partial charge in [0.25, 0.3) is 5.69 Å². The zero-order valence-corrected chi connectivity index (χ0v) is 15.5. The molecule has 0 aliphatic carbocycles. The highest BCUT2D eigenvalue weighted by atomic mass is 32.2. The van der Waals surface area contributed by atoms with Crippen LogP contribution in [0.1, 0.15) is 5.56 Å². The molecule has 0 spiro atoms. The van der Waals surface area contributed by atoms with Gasteiger partial charge in [-0.15, -0.1) is 0 Å². The summed E-state index contributed by atoms with van der Waals surface area (Å²) in [6.07, 6.45) is 0.0909. The fraction of sp³-hybridized carbons (Fsp3) is 0.200. The van der Waals surface area contributed by atoms with Crippen molar-refractivity contribution in [3.8, 4) is 0 Å². The molecule has 2 rings (SSSR count). The topological polar surface area (TPSA) is 170 Å². The molecule has 0 amide bonds. The molecule has 4 N–H and O–H groups in total. The predicted octanol–water partition coefficient (Wildman–Crippen LogP) is 0.124. The predicted molar refractivity (Wildman–Crippen MR) is 95.8 cm³/mol. The summed E-state index contributed by atoms with van der Waals surface area (Å²) in [5.74, 6) is 0. The number of aliphatic hydroxyl groups excluding tert-OH is 1. The van der Waals surface area contributed by atoms with Crippen molar-refractivity contribution >= 4 is 25.7 Å². The van der Waals surface area contributed by atoms with Gasteiger partial charge in [0, 0.05) is 18.2 Å². The summed E-state index contributed by atoms with van der Waals surface area (Å²) < 4.78 is 49.5. The molecule has 0 radical (unpaired) electrons. The Labute approximate surface area is 155 Å². The molecular weight excluding hydrogens is 398 g/mol. The number of benzene rings is 2. The SMILES string of the molecule is NS(=O)(=O)c1ccc(CC(CO)NS(=O)(=O)c2ccc([N+](=O)[O-])cc2)cc1. The normalized spacial score (nSPS) is 13.3. The summed E-state index contributed by atoms with van der Waals surface area (Å²) in [7, 11) is -7.85. The summed E-state index contributed by atoms with van der Waals surface area (Å²) >= 11 is 0. The second-order valence-electron chi connectivity index (χ2n) is 5.64. The average Bonchev–Trinajstić information content (AvgIpc) is 2.60. The van der Waals surface area contributed by atoms with Gasteiger partial charge in [-0.1, -0.05) is 12.1 Å². The van der Waals surface area contributed by atoms with Crippen molar-refractivity contribution in [3.63, 3.8) is 0 Å². The standard InChI is InChI=1S/C15H17N3O7S2/c16-26(22,23)14-5-1-11(2-6-14)9-12(10-19)17-27(24,25)15-7-3-13(4-8-15)18(20)21/h1-8,12,17,19H,9-10H2,(H2,16,22,23). The van der Waals surface area contributed by atoms with E-state index in [2.05, 4.69) is 4.72 Å². The molecule has 27 heavy (non-hydrogen) atoms. The smallest absolute Gasteiger partial charge is 0.269 e. The summed E-state index contributed by atoms with van der Waals surface area (Å²) in [5.41, 5.74) is 0.329. The van der Waals surface area contributed by atoms with Gasteiger partial charge in [0.2, 0.25) is 20.0 Å². The maximum absolute atomic E-state index is 12.4. The van der Waals surface area contributed by atoms with E-state index in [1.54, 1.807) is 0 Å². The number of non-ortho nitro benzene ring substituents is 1. The lowest BCUT2D eigenvalue weighted by atomic mass is 10.1. The van der Waals surface area contributed by atoms with Gasteiger partial charge in [-0.3, -0.25) is 10.1 Å². The maximum atomic E-state index is 12.4. The van der Waals surface area contributed by atoms with E-state index in [1.807, 2.05) is 0 Å². The minimum absolute atomic E-state index is 0.0849. The first-order chi connectivity index (χ1) is 12.5. The van der Waals surface area contributed by atoms with Crippen LogP contribution >= 0.6 is 0 Å². The lowest BCUT2D eigenvalue weighted by Gasteiger charge is -2.16. The first kappa shape index (κ1) is 20.9. The van der Waals surface area contributed by atoms with Gasteiger partial charge >= 0.3 is 0 Å². The number of sulfonamides is 2. The van der Waals surface area contributed by atoms with Crippen molar-refractivity contribution in [3.05, 3.63) is 64.2 Å². The first-order valence-electron chi connectivity index (χ1n) is 7.52. The van der Waals surface area contributed by atoms with Gasteiger partial charge in [0.1, 0.15) is 0 Å². The molecule has 146 valence electrons. The number of hydrogen-bond donors (Lipinski definition) is 3. The Kier molecular flexibility index (Phi) is 6.28. The highest BCUT2D eigenvalue weighted by Crippen LogP contribution is 2.17. The molecule has 0 aliphatic rings. The molecule has 0 heterocycles. The fourth-order valence-corrected chi connectivity index (χ4v) is 4.02. The van der Waals surface area contributed by atoms with E-state index in [0.717, 1.165) is 24.3 Å². The minimum Gasteiger partial charge on any atom is -0.395 e. The fourth-order valence-electron chi connectivity index (χ4n) is 2.28. The summed E-state index contributed by atoms with van der Waals surface area (Å²) in [5, 5.41) is 25.1. The van der Waals surface area contributed by atoms with E-state index in [9.17, 15) is 32.1 Å². The Morgan fingerprint density at radius 1 is 1.00 bits per heavy atom. The van der Waals surface area contributed by atoms with Gasteiger partial charge in [0.05, 0.1) is 21.3 Å². The van der Waals surface area contributed by atoms with Crippen molar-refractivity contribution in [1.29, 1.82) is 0 Å². The number of nitrogens with two attached hydrogens (primary N) is 1. The summed E-state index contributed by atoms with van der Waals surface area (Å²) in [6.45, 7) is -0.511. The number of hydrogen-bond acceptors (Lipinski definition) is 7.